The average Bonchev–Trinajstić information content (AvgIpc) is 2.89. The van der Waals surface area contributed by atoms with Crippen molar-refractivity contribution in [2.45, 2.75) is 0 Å². The van der Waals surface area contributed by atoms with Crippen molar-refractivity contribution in [2.75, 3.05) is 0 Å². The fourth-order valence-electron chi connectivity index (χ4n) is 1.45. The molecule has 6 heteroatoms. The third-order valence-corrected chi connectivity index (χ3v) is 83.4. The minimum atomic E-state index is -0.867. The van der Waals surface area contributed by atoms with Gasteiger partial charge in [0.05, 0.1) is 0 Å². The van der Waals surface area contributed by atoms with Crippen molar-refractivity contribution in [1.82, 2.24) is 0 Å². The van der Waals surface area contributed by atoms with E-state index < -0.39 is 6.66 Å². The Morgan fingerprint density at radius 2 is 1.31 bits per heavy atom. The van der Waals surface area contributed by atoms with Crippen molar-refractivity contribution in [1.29, 1.82) is 0 Å². The molecular weight excluding hydrogens is 498 g/mol. The molecule has 3 aliphatic rings. The van der Waals surface area contributed by atoms with E-state index in [0.717, 1.165) is 28.1 Å². The standard InChI is InChI=1S/C10H6P2Se4/c13-11(9-5-1-2-6-9)15-12(14,16-11)10-7-3-4-8-10/h1-5,7H. The molecule has 1 fully saturated rings. The summed E-state index contributed by atoms with van der Waals surface area (Å²) in [5, 5.41) is 2.98. The van der Waals surface area contributed by atoms with Crippen molar-refractivity contribution in [2.24, 2.45) is 0 Å². The van der Waals surface area contributed by atoms with Gasteiger partial charge in [0.2, 0.25) is 0 Å². The molecule has 3 rings (SSSR count). The molecule has 0 spiro atoms. The molecule has 0 bridgehead atoms. The van der Waals surface area contributed by atoms with Gasteiger partial charge in [0.1, 0.15) is 0 Å². The summed E-state index contributed by atoms with van der Waals surface area (Å²) in [7, 11) is 0. The van der Waals surface area contributed by atoms with E-state index in [1.54, 1.807) is 0 Å². The zero-order valence-electron chi connectivity index (χ0n) is 7.99. The van der Waals surface area contributed by atoms with Crippen molar-refractivity contribution in [3.05, 3.63) is 58.5 Å². The molecule has 0 atom stereocenters. The molecule has 1 saturated heterocycles. The van der Waals surface area contributed by atoms with E-state index in [-0.39, 0.29) is 0 Å². The Labute approximate surface area is 123 Å². The zero-order chi connectivity index (χ0) is 11.2. The van der Waals surface area contributed by atoms with Crippen molar-refractivity contribution < 1.29 is 0 Å². The first-order valence-electron chi connectivity index (χ1n) is 4.53. The van der Waals surface area contributed by atoms with Gasteiger partial charge in [0, 0.05) is 0 Å². The van der Waals surface area contributed by atoms with Crippen LogP contribution in [0, 0.1) is 0 Å². The Morgan fingerprint density at radius 3 is 1.62 bits per heavy atom. The Morgan fingerprint density at radius 1 is 0.875 bits per heavy atom. The Balaban J connectivity index is 1.84. The second kappa shape index (κ2) is 4.53. The van der Waals surface area contributed by atoms with Crippen LogP contribution in [0.1, 0.15) is 0 Å². The molecule has 0 aromatic heterocycles. The zero-order valence-corrected chi connectivity index (χ0v) is 16.6. The summed E-state index contributed by atoms with van der Waals surface area (Å²) < 4.78 is -1.73. The molecule has 1 aliphatic heterocycles. The maximum absolute atomic E-state index is 3.54. The van der Waals surface area contributed by atoms with Gasteiger partial charge in [-0.25, -0.2) is 0 Å². The summed E-state index contributed by atoms with van der Waals surface area (Å²) in [5.74, 6) is 0. The van der Waals surface area contributed by atoms with E-state index in [1.165, 1.54) is 10.6 Å². The van der Waals surface area contributed by atoms with E-state index in [2.05, 4.69) is 66.9 Å². The molecule has 2 aliphatic carbocycles. The van der Waals surface area contributed by atoms with Gasteiger partial charge in [-0.3, -0.25) is 0 Å². The van der Waals surface area contributed by atoms with Crippen LogP contribution < -0.4 is 0 Å². The molecular formula is C10H6P2Se4. The van der Waals surface area contributed by atoms with Gasteiger partial charge in [-0.1, -0.05) is 0 Å². The monoisotopic (exact) mass is 508 g/mol. The molecule has 0 aromatic carbocycles. The van der Waals surface area contributed by atoms with E-state index in [9.17, 15) is 0 Å². The van der Waals surface area contributed by atoms with Crippen LogP contribution in [0.5, 0.6) is 0 Å². The SMILES string of the molecule is [Se-][P+]1(C2=C=CC=C2)[Se][P+]([Se-])(C2=C=CC=C2)[Se]1. The van der Waals surface area contributed by atoms with Gasteiger partial charge in [0.15, 0.2) is 0 Å². The first-order valence-corrected chi connectivity index (χ1v) is 21.4. The molecule has 0 radical (unpaired) electrons. The number of allylic oxidation sites excluding steroid dienone is 6. The molecule has 0 nitrogen and oxygen atoms in total. The van der Waals surface area contributed by atoms with Crippen LogP contribution in [-0.4, -0.2) is 59.3 Å². The number of hydrogen-bond acceptors (Lipinski definition) is 0. The second-order valence-electron chi connectivity index (χ2n) is 3.27. The van der Waals surface area contributed by atoms with Crippen molar-refractivity contribution in [3.8, 4) is 0 Å². The van der Waals surface area contributed by atoms with Crippen molar-refractivity contribution >= 4 is 65.9 Å². The first kappa shape index (κ1) is 12.5. The van der Waals surface area contributed by atoms with Crippen LogP contribution in [0.3, 0.4) is 0 Å². The fraction of sp³-hybridized carbons (Fsp3) is 0. The Bertz CT molecular complexity index is 491. The Hall–Kier alpha value is 1.46. The molecule has 0 saturated carbocycles. The summed E-state index contributed by atoms with van der Waals surface area (Å²) in [6.07, 6.45) is 12.8. The molecule has 16 heavy (non-hydrogen) atoms. The van der Waals surface area contributed by atoms with E-state index >= 15 is 0 Å². The van der Waals surface area contributed by atoms with Crippen LogP contribution in [0.2, 0.25) is 0 Å². The van der Waals surface area contributed by atoms with Crippen LogP contribution >= 0.6 is 6.66 Å². The van der Waals surface area contributed by atoms with Crippen LogP contribution in [0.15, 0.2) is 58.5 Å². The number of hydrogen-bond donors (Lipinski definition) is 0. The summed E-state index contributed by atoms with van der Waals surface area (Å²) in [4.78, 5) is 0. The summed E-state index contributed by atoms with van der Waals surface area (Å²) in [6.45, 7) is 0. The molecule has 1 heterocycles. The summed E-state index contributed by atoms with van der Waals surface area (Å²) >= 11 is 8.54. The average molecular weight is 504 g/mol. The van der Waals surface area contributed by atoms with Crippen LogP contribution in [-0.2, 0) is 0 Å². The van der Waals surface area contributed by atoms with E-state index in [1.807, 2.05) is 12.2 Å². The molecule has 0 unspecified atom stereocenters. The van der Waals surface area contributed by atoms with Gasteiger partial charge in [-0.05, 0) is 0 Å². The van der Waals surface area contributed by atoms with Crippen LogP contribution in [0.25, 0.3) is 0 Å². The number of rotatable bonds is 2. The predicted octanol–water partition coefficient (Wildman–Crippen LogP) is 2.49. The van der Waals surface area contributed by atoms with Gasteiger partial charge >= 0.3 is 124 Å². The molecule has 0 amide bonds. The fourth-order valence-corrected chi connectivity index (χ4v) is 160. The van der Waals surface area contributed by atoms with Gasteiger partial charge in [-0.15, -0.1) is 0 Å². The topological polar surface area (TPSA) is 0 Å². The van der Waals surface area contributed by atoms with E-state index in [4.69, 9.17) is 0 Å². The molecule has 80 valence electrons. The first-order chi connectivity index (χ1) is 7.62. The maximum atomic E-state index is 3.54. The van der Waals surface area contributed by atoms with E-state index in [0.29, 0.717) is 0 Å². The third kappa shape index (κ3) is 2.08. The quantitative estimate of drug-likeness (QED) is 0.309. The Kier molecular flexibility index (Phi) is 3.54. The third-order valence-electron chi connectivity index (χ3n) is 2.18. The van der Waals surface area contributed by atoms with Gasteiger partial charge < -0.3 is 0 Å². The van der Waals surface area contributed by atoms with Crippen LogP contribution in [0.4, 0.5) is 0 Å². The molecule has 0 aromatic rings. The summed E-state index contributed by atoms with van der Waals surface area (Å²) in [6, 6.07) is 0. The second-order valence-corrected chi connectivity index (χ2v) is 55.5. The van der Waals surface area contributed by atoms with Gasteiger partial charge in [-0.2, -0.15) is 0 Å². The predicted molar refractivity (Wildman–Crippen MR) is 78.3 cm³/mol. The van der Waals surface area contributed by atoms with Crippen molar-refractivity contribution in [3.63, 3.8) is 0 Å². The normalized spacial score (nSPS) is 38.9. The van der Waals surface area contributed by atoms with Gasteiger partial charge in [0.25, 0.3) is 0 Å². The molecule has 0 N–H and O–H groups in total. The minimum absolute atomic E-state index is 0.732. The summed E-state index contributed by atoms with van der Waals surface area (Å²) in [5.41, 5.74) is 6.81.